The second-order valence-corrected chi connectivity index (χ2v) is 2.96. The summed E-state index contributed by atoms with van der Waals surface area (Å²) in [5.74, 6) is 9.53. The maximum atomic E-state index is 11.1. The average Bonchev–Trinajstić information content (AvgIpc) is 2.37. The van der Waals surface area contributed by atoms with Crippen molar-refractivity contribution in [3.8, 4) is 23.7 Å². The number of hydrogen-bond donors (Lipinski definition) is 0. The molecular formula is C14H16O4. The van der Waals surface area contributed by atoms with E-state index in [9.17, 15) is 9.59 Å². The molecule has 0 fully saturated rings. The van der Waals surface area contributed by atoms with Crippen LogP contribution >= 0.6 is 0 Å². The highest BCUT2D eigenvalue weighted by molar-refractivity contribution is 5.91. The molecule has 0 aromatic carbocycles. The van der Waals surface area contributed by atoms with Crippen LogP contribution in [0.5, 0.6) is 0 Å². The highest BCUT2D eigenvalue weighted by atomic mass is 16.5. The van der Waals surface area contributed by atoms with Gasteiger partial charge in [-0.05, 0) is 0 Å². The summed E-state index contributed by atoms with van der Waals surface area (Å²) in [4.78, 5) is 22.1. The van der Waals surface area contributed by atoms with Gasteiger partial charge in [0.2, 0.25) is 0 Å². The maximum Gasteiger partial charge on any atom is 0.331 e. The molecule has 0 aliphatic rings. The Bertz CT molecular complexity index is 373. The van der Waals surface area contributed by atoms with Gasteiger partial charge in [-0.3, -0.25) is 0 Å². The molecule has 0 saturated heterocycles. The predicted octanol–water partition coefficient (Wildman–Crippen LogP) is 1.46. The van der Waals surface area contributed by atoms with Crippen molar-refractivity contribution in [2.24, 2.45) is 0 Å². The van der Waals surface area contributed by atoms with Gasteiger partial charge in [-0.1, -0.05) is 25.7 Å². The van der Waals surface area contributed by atoms with Crippen LogP contribution in [-0.4, -0.2) is 25.2 Å². The van der Waals surface area contributed by atoms with Crippen LogP contribution in [0.2, 0.25) is 0 Å². The Balaban J connectivity index is 3.84. The third-order valence-corrected chi connectivity index (χ3v) is 1.53. The molecule has 0 atom stereocenters. The number of rotatable bonds is 4. The fourth-order valence-corrected chi connectivity index (χ4v) is 0.799. The van der Waals surface area contributed by atoms with E-state index in [0.717, 1.165) is 12.2 Å². The molecule has 0 N–H and O–H groups in total. The largest absolute Gasteiger partial charge is 0.449 e. The van der Waals surface area contributed by atoms with E-state index in [-0.39, 0.29) is 13.2 Å². The lowest BCUT2D eigenvalue weighted by molar-refractivity contribution is -0.139. The Morgan fingerprint density at radius 3 is 1.56 bits per heavy atom. The van der Waals surface area contributed by atoms with Gasteiger partial charge in [-0.15, -0.1) is 11.8 Å². The van der Waals surface area contributed by atoms with E-state index in [1.165, 1.54) is 0 Å². The van der Waals surface area contributed by atoms with Crippen molar-refractivity contribution in [3.05, 3.63) is 12.2 Å². The summed E-state index contributed by atoms with van der Waals surface area (Å²) in [7, 11) is 0. The number of esters is 2. The highest BCUT2D eigenvalue weighted by Gasteiger charge is 1.98. The molecule has 0 radical (unpaired) electrons. The van der Waals surface area contributed by atoms with Crippen LogP contribution in [0.3, 0.4) is 0 Å². The molecule has 0 spiro atoms. The molecule has 4 heteroatoms. The van der Waals surface area contributed by atoms with Gasteiger partial charge in [0.05, 0.1) is 0 Å². The Labute approximate surface area is 107 Å². The molecule has 0 aliphatic carbocycles. The molecule has 4 nitrogen and oxygen atoms in total. The minimum Gasteiger partial charge on any atom is -0.449 e. The smallest absolute Gasteiger partial charge is 0.331 e. The van der Waals surface area contributed by atoms with Gasteiger partial charge in [0.25, 0.3) is 0 Å². The molecule has 96 valence electrons. The lowest BCUT2D eigenvalue weighted by atomic mass is 10.4. The van der Waals surface area contributed by atoms with Crippen molar-refractivity contribution in [1.82, 2.24) is 0 Å². The fraction of sp³-hybridized carbons (Fsp3) is 0.429. The Morgan fingerprint density at radius 2 is 1.22 bits per heavy atom. The van der Waals surface area contributed by atoms with Crippen molar-refractivity contribution < 1.29 is 19.1 Å². The van der Waals surface area contributed by atoms with E-state index in [0.29, 0.717) is 12.8 Å². The van der Waals surface area contributed by atoms with Crippen LogP contribution in [-0.2, 0) is 19.1 Å². The quantitative estimate of drug-likeness (QED) is 0.429. The summed E-state index contributed by atoms with van der Waals surface area (Å²) < 4.78 is 9.40. The zero-order valence-electron chi connectivity index (χ0n) is 10.6. The summed E-state index contributed by atoms with van der Waals surface area (Å²) in [6, 6.07) is 0. The van der Waals surface area contributed by atoms with Crippen LogP contribution in [0.4, 0.5) is 0 Å². The number of ether oxygens (including phenoxy) is 2. The van der Waals surface area contributed by atoms with Gasteiger partial charge in [-0.25, -0.2) is 9.59 Å². The topological polar surface area (TPSA) is 52.6 Å². The SMILES string of the molecule is CCC#CCOC(=O)/C=C\C(=O)OCC#CCC. The van der Waals surface area contributed by atoms with Crippen molar-refractivity contribution in [2.45, 2.75) is 26.7 Å². The Hall–Kier alpha value is -2.20. The van der Waals surface area contributed by atoms with Gasteiger partial charge in [0, 0.05) is 25.0 Å². The molecule has 0 aromatic rings. The molecule has 0 bridgehead atoms. The summed E-state index contributed by atoms with van der Waals surface area (Å²) in [6.45, 7) is 3.83. The van der Waals surface area contributed by atoms with E-state index in [1.807, 2.05) is 13.8 Å². The first-order valence-electron chi connectivity index (χ1n) is 5.63. The van der Waals surface area contributed by atoms with E-state index in [4.69, 9.17) is 9.47 Å². The number of hydrogen-bond acceptors (Lipinski definition) is 4. The van der Waals surface area contributed by atoms with Gasteiger partial charge < -0.3 is 9.47 Å². The van der Waals surface area contributed by atoms with Crippen LogP contribution in [0.15, 0.2) is 12.2 Å². The Morgan fingerprint density at radius 1 is 0.833 bits per heavy atom. The van der Waals surface area contributed by atoms with Crippen LogP contribution in [0.25, 0.3) is 0 Å². The Kier molecular flexibility index (Phi) is 9.91. The van der Waals surface area contributed by atoms with E-state index < -0.39 is 11.9 Å². The maximum absolute atomic E-state index is 11.1. The van der Waals surface area contributed by atoms with Crippen LogP contribution in [0.1, 0.15) is 26.7 Å². The standard InChI is InChI=1S/C14H16O4/c1-3-5-7-11-17-13(15)9-10-14(16)18-12-8-6-4-2/h9-10H,3-4,11-12H2,1-2H3/b10-9-. The van der Waals surface area contributed by atoms with E-state index in [1.54, 1.807) is 0 Å². The molecule has 0 rings (SSSR count). The summed E-state index contributed by atoms with van der Waals surface area (Å²) in [5, 5.41) is 0. The minimum absolute atomic E-state index is 0.0219. The monoisotopic (exact) mass is 248 g/mol. The first-order chi connectivity index (χ1) is 8.70. The fourth-order valence-electron chi connectivity index (χ4n) is 0.799. The third-order valence-electron chi connectivity index (χ3n) is 1.53. The number of carbonyl (C=O) groups is 2. The predicted molar refractivity (Wildman–Crippen MR) is 67.2 cm³/mol. The molecule has 0 aliphatic heterocycles. The summed E-state index contributed by atoms with van der Waals surface area (Å²) >= 11 is 0. The molecule has 0 amide bonds. The normalized spacial score (nSPS) is 8.78. The molecule has 0 aromatic heterocycles. The first-order valence-corrected chi connectivity index (χ1v) is 5.63. The molecule has 0 heterocycles. The minimum atomic E-state index is -0.628. The zero-order chi connectivity index (χ0) is 13.6. The third kappa shape index (κ3) is 10.3. The second kappa shape index (κ2) is 11.3. The molecule has 0 saturated carbocycles. The lowest BCUT2D eigenvalue weighted by Gasteiger charge is -1.95. The number of carbonyl (C=O) groups excluding carboxylic acids is 2. The van der Waals surface area contributed by atoms with Crippen molar-refractivity contribution in [2.75, 3.05) is 13.2 Å². The summed E-state index contributed by atoms with van der Waals surface area (Å²) in [5.41, 5.74) is 0. The first kappa shape index (κ1) is 15.8. The van der Waals surface area contributed by atoms with E-state index in [2.05, 4.69) is 23.7 Å². The molecule has 0 unspecified atom stereocenters. The van der Waals surface area contributed by atoms with Gasteiger partial charge >= 0.3 is 11.9 Å². The summed E-state index contributed by atoms with van der Waals surface area (Å²) in [6.07, 6.45) is 3.42. The molecular weight excluding hydrogens is 232 g/mol. The van der Waals surface area contributed by atoms with Crippen LogP contribution < -0.4 is 0 Å². The lowest BCUT2D eigenvalue weighted by Crippen LogP contribution is -2.04. The average molecular weight is 248 g/mol. The van der Waals surface area contributed by atoms with Crippen molar-refractivity contribution in [3.63, 3.8) is 0 Å². The zero-order valence-corrected chi connectivity index (χ0v) is 10.6. The van der Waals surface area contributed by atoms with Crippen molar-refractivity contribution in [1.29, 1.82) is 0 Å². The van der Waals surface area contributed by atoms with E-state index >= 15 is 0 Å². The molecule has 18 heavy (non-hydrogen) atoms. The van der Waals surface area contributed by atoms with Gasteiger partial charge in [0.15, 0.2) is 13.2 Å². The van der Waals surface area contributed by atoms with Gasteiger partial charge in [0.1, 0.15) is 0 Å². The van der Waals surface area contributed by atoms with Gasteiger partial charge in [-0.2, -0.15) is 0 Å². The van der Waals surface area contributed by atoms with Crippen LogP contribution in [0, 0.1) is 23.7 Å². The second-order valence-electron chi connectivity index (χ2n) is 2.96. The van der Waals surface area contributed by atoms with Crippen molar-refractivity contribution >= 4 is 11.9 Å². The highest BCUT2D eigenvalue weighted by Crippen LogP contribution is 1.85.